The minimum absolute atomic E-state index is 0.337. The van der Waals surface area contributed by atoms with Crippen molar-refractivity contribution in [3.8, 4) is 0 Å². The highest BCUT2D eigenvalue weighted by Gasteiger charge is 2.40. The fourth-order valence-corrected chi connectivity index (χ4v) is 3.68. The molecule has 0 aliphatic carbocycles. The third-order valence-electron chi connectivity index (χ3n) is 5.37. The number of anilines is 1. The van der Waals surface area contributed by atoms with E-state index in [1.165, 1.54) is 4.90 Å². The number of aryl methyl sites for hydroxylation is 2. The molecule has 0 aliphatic rings. The van der Waals surface area contributed by atoms with Crippen LogP contribution in [0.3, 0.4) is 0 Å². The molecule has 2 unspecified atom stereocenters. The number of rotatable bonds is 6. The largest absolute Gasteiger partial charge is 0.444 e. The molecule has 7 nitrogen and oxygen atoms in total. The van der Waals surface area contributed by atoms with E-state index in [9.17, 15) is 14.4 Å². The maximum atomic E-state index is 13.8. The van der Waals surface area contributed by atoms with E-state index < -0.39 is 35.2 Å². The van der Waals surface area contributed by atoms with Crippen LogP contribution in [0.15, 0.2) is 48.5 Å². The molecule has 35 heavy (non-hydrogen) atoms. The number of nitrogens with zero attached hydrogens (tertiary/aromatic N) is 1. The topological polar surface area (TPSA) is 87.7 Å². The van der Waals surface area contributed by atoms with Crippen LogP contribution in [-0.2, 0) is 14.3 Å². The summed E-state index contributed by atoms with van der Waals surface area (Å²) in [4.78, 5) is 41.4. The van der Waals surface area contributed by atoms with Gasteiger partial charge in [0.1, 0.15) is 17.7 Å². The molecule has 0 saturated heterocycles. The molecule has 0 bridgehead atoms. The third-order valence-corrected chi connectivity index (χ3v) is 5.37. The highest BCUT2D eigenvalue weighted by atomic mass is 16.6. The summed E-state index contributed by atoms with van der Waals surface area (Å²) in [5.74, 6) is -0.732. The van der Waals surface area contributed by atoms with Gasteiger partial charge in [-0.3, -0.25) is 9.59 Å². The molecule has 2 N–H and O–H groups in total. The molecule has 0 fully saturated rings. The summed E-state index contributed by atoms with van der Waals surface area (Å²) < 4.78 is 5.32. The Kier molecular flexibility index (Phi) is 8.71. The van der Waals surface area contributed by atoms with Crippen LogP contribution in [0.2, 0.25) is 0 Å². The lowest BCUT2D eigenvalue weighted by molar-refractivity contribution is -0.146. The minimum Gasteiger partial charge on any atom is -0.444 e. The van der Waals surface area contributed by atoms with Crippen LogP contribution in [-0.4, -0.2) is 40.0 Å². The molecule has 7 heteroatoms. The van der Waals surface area contributed by atoms with Crippen molar-refractivity contribution in [3.05, 3.63) is 65.2 Å². The summed E-state index contributed by atoms with van der Waals surface area (Å²) in [6.07, 6.45) is -0.691. The van der Waals surface area contributed by atoms with Gasteiger partial charge in [0.2, 0.25) is 5.91 Å². The Morgan fingerprint density at radius 1 is 0.886 bits per heavy atom. The van der Waals surface area contributed by atoms with E-state index in [-0.39, 0.29) is 5.91 Å². The predicted molar refractivity (Wildman–Crippen MR) is 139 cm³/mol. The molecular weight excluding hydrogens is 442 g/mol. The number of carbonyl (C=O) groups excluding carboxylic acids is 3. The highest BCUT2D eigenvalue weighted by Crippen LogP contribution is 2.31. The monoisotopic (exact) mass is 481 g/mol. The van der Waals surface area contributed by atoms with Gasteiger partial charge in [-0.1, -0.05) is 48.0 Å². The van der Waals surface area contributed by atoms with Crippen molar-refractivity contribution >= 4 is 23.6 Å². The average molecular weight is 482 g/mol. The summed E-state index contributed by atoms with van der Waals surface area (Å²) in [7, 11) is 0. The first kappa shape index (κ1) is 27.9. The smallest absolute Gasteiger partial charge is 0.408 e. The summed E-state index contributed by atoms with van der Waals surface area (Å²) >= 11 is 0. The molecule has 2 rings (SSSR count). The van der Waals surface area contributed by atoms with Crippen molar-refractivity contribution in [1.29, 1.82) is 0 Å². The zero-order valence-electron chi connectivity index (χ0n) is 22.4. The summed E-state index contributed by atoms with van der Waals surface area (Å²) in [6, 6.07) is 13.2. The Morgan fingerprint density at radius 3 is 1.97 bits per heavy atom. The van der Waals surface area contributed by atoms with Crippen LogP contribution in [0.5, 0.6) is 0 Å². The van der Waals surface area contributed by atoms with Gasteiger partial charge in [0.25, 0.3) is 5.91 Å². The van der Waals surface area contributed by atoms with Gasteiger partial charge >= 0.3 is 6.09 Å². The van der Waals surface area contributed by atoms with Gasteiger partial charge in [-0.05, 0) is 79.5 Å². The Hall–Kier alpha value is -3.35. The van der Waals surface area contributed by atoms with Crippen LogP contribution < -0.4 is 10.6 Å². The molecule has 0 aromatic heterocycles. The van der Waals surface area contributed by atoms with Crippen molar-refractivity contribution in [1.82, 2.24) is 10.2 Å². The normalized spacial score (nSPS) is 13.4. The fraction of sp³-hybridized carbons (Fsp3) is 0.464. The van der Waals surface area contributed by atoms with E-state index in [0.717, 1.165) is 11.1 Å². The maximum absolute atomic E-state index is 13.8. The Morgan fingerprint density at radius 2 is 1.46 bits per heavy atom. The summed E-state index contributed by atoms with van der Waals surface area (Å²) in [5.41, 5.74) is 1.87. The molecule has 2 aromatic carbocycles. The molecule has 3 amide bonds. The second-order valence-electron chi connectivity index (χ2n) is 10.9. The van der Waals surface area contributed by atoms with Crippen LogP contribution >= 0.6 is 0 Å². The van der Waals surface area contributed by atoms with Gasteiger partial charge in [0.05, 0.1) is 0 Å². The van der Waals surface area contributed by atoms with Crippen molar-refractivity contribution in [2.45, 2.75) is 85.5 Å². The highest BCUT2D eigenvalue weighted by molar-refractivity contribution is 5.99. The number of alkyl carbamates (subject to hydrolysis) is 1. The van der Waals surface area contributed by atoms with E-state index in [4.69, 9.17) is 4.74 Å². The molecule has 0 heterocycles. The van der Waals surface area contributed by atoms with Crippen LogP contribution in [0.25, 0.3) is 0 Å². The molecular formula is C28H39N3O4. The number of nitrogens with one attached hydrogen (secondary N) is 2. The van der Waals surface area contributed by atoms with Gasteiger partial charge in [0, 0.05) is 11.2 Å². The number of para-hydroxylation sites is 1. The van der Waals surface area contributed by atoms with Crippen LogP contribution in [0.4, 0.5) is 10.5 Å². The average Bonchev–Trinajstić information content (AvgIpc) is 2.71. The summed E-state index contributed by atoms with van der Waals surface area (Å²) in [5, 5.41) is 5.61. The predicted octanol–water partition coefficient (Wildman–Crippen LogP) is 5.52. The molecule has 0 spiro atoms. The lowest BCUT2D eigenvalue weighted by atomic mass is 9.95. The Bertz CT molecular complexity index is 1050. The first-order valence-corrected chi connectivity index (χ1v) is 11.9. The van der Waals surface area contributed by atoms with E-state index in [1.54, 1.807) is 27.7 Å². The van der Waals surface area contributed by atoms with E-state index in [0.29, 0.717) is 11.3 Å². The second-order valence-corrected chi connectivity index (χ2v) is 10.9. The van der Waals surface area contributed by atoms with Crippen LogP contribution in [0, 0.1) is 13.8 Å². The molecule has 190 valence electrons. The zero-order valence-corrected chi connectivity index (χ0v) is 22.4. The molecule has 0 saturated carbocycles. The Balaban J connectivity index is 2.48. The maximum Gasteiger partial charge on any atom is 0.408 e. The van der Waals surface area contributed by atoms with E-state index in [1.807, 2.05) is 83.1 Å². The van der Waals surface area contributed by atoms with E-state index in [2.05, 4.69) is 10.6 Å². The third kappa shape index (κ3) is 7.84. The first-order valence-electron chi connectivity index (χ1n) is 11.9. The van der Waals surface area contributed by atoms with Gasteiger partial charge < -0.3 is 20.3 Å². The number of carbonyl (C=O) groups is 3. The van der Waals surface area contributed by atoms with Crippen molar-refractivity contribution in [2.24, 2.45) is 0 Å². The lowest BCUT2D eigenvalue weighted by Gasteiger charge is -2.42. The first-order chi connectivity index (χ1) is 16.1. The quantitative estimate of drug-likeness (QED) is 0.568. The second kappa shape index (κ2) is 10.9. The SMILES string of the molecule is Cc1ccc(C(C(=O)Nc2ccccc2C)N(C(=O)C(C)NC(=O)OC(C)(C)C)C(C)(C)C)cc1. The van der Waals surface area contributed by atoms with Crippen molar-refractivity contribution in [3.63, 3.8) is 0 Å². The molecule has 2 atom stereocenters. The Labute approximate surface area is 209 Å². The van der Waals surface area contributed by atoms with Gasteiger partial charge in [-0.15, -0.1) is 0 Å². The number of hydrogen-bond acceptors (Lipinski definition) is 4. The standard InChI is InChI=1S/C28H39N3O4/c1-18-14-16-21(17-15-18)23(24(32)30-22-13-11-10-12-19(22)2)31(27(4,5)6)25(33)20(3)29-26(34)35-28(7,8)9/h10-17,20,23H,1-9H3,(H,29,34)(H,30,32). The summed E-state index contributed by atoms with van der Waals surface area (Å²) in [6.45, 7) is 16.3. The number of ether oxygens (including phenoxy) is 1. The van der Waals surface area contributed by atoms with Crippen LogP contribution in [0.1, 0.15) is 71.2 Å². The van der Waals surface area contributed by atoms with Gasteiger partial charge in [0.15, 0.2) is 0 Å². The van der Waals surface area contributed by atoms with Gasteiger partial charge in [-0.25, -0.2) is 4.79 Å². The number of benzene rings is 2. The fourth-order valence-electron chi connectivity index (χ4n) is 3.68. The van der Waals surface area contributed by atoms with Gasteiger partial charge in [-0.2, -0.15) is 0 Å². The molecule has 2 aromatic rings. The van der Waals surface area contributed by atoms with Crippen molar-refractivity contribution in [2.75, 3.05) is 5.32 Å². The number of hydrogen-bond donors (Lipinski definition) is 2. The molecule has 0 aliphatic heterocycles. The lowest BCUT2D eigenvalue weighted by Crippen LogP contribution is -2.57. The minimum atomic E-state index is -0.925. The number of amides is 3. The molecule has 0 radical (unpaired) electrons. The zero-order chi connectivity index (χ0) is 26.6. The van der Waals surface area contributed by atoms with Crippen molar-refractivity contribution < 1.29 is 19.1 Å². The van der Waals surface area contributed by atoms with E-state index >= 15 is 0 Å².